The van der Waals surface area contributed by atoms with Gasteiger partial charge in [-0.3, -0.25) is 0 Å². The maximum atomic E-state index is 12.3. The van der Waals surface area contributed by atoms with Crippen molar-refractivity contribution in [3.05, 3.63) is 51.8 Å². The van der Waals surface area contributed by atoms with Gasteiger partial charge in [-0.1, -0.05) is 43.1 Å². The second-order valence-corrected chi connectivity index (χ2v) is 5.61. The first-order valence-corrected chi connectivity index (χ1v) is 7.06. The van der Waals surface area contributed by atoms with Crippen LogP contribution in [0.15, 0.2) is 41.7 Å². The van der Waals surface area contributed by atoms with Crippen LogP contribution in [0.1, 0.15) is 20.3 Å². The molecule has 0 unspecified atom stereocenters. The van der Waals surface area contributed by atoms with Gasteiger partial charge in [0.2, 0.25) is 0 Å². The summed E-state index contributed by atoms with van der Waals surface area (Å²) >= 11 is 11.8. The Bertz CT molecular complexity index is 592. The number of dihydropyridines is 1. The fraction of sp³-hybridized carbons (Fsp3) is 0.267. The van der Waals surface area contributed by atoms with E-state index >= 15 is 0 Å². The van der Waals surface area contributed by atoms with E-state index in [4.69, 9.17) is 27.9 Å². The van der Waals surface area contributed by atoms with E-state index in [9.17, 15) is 4.79 Å². The first-order chi connectivity index (χ1) is 9.49. The zero-order valence-corrected chi connectivity index (χ0v) is 12.8. The van der Waals surface area contributed by atoms with Gasteiger partial charge in [-0.05, 0) is 30.3 Å². The van der Waals surface area contributed by atoms with Crippen LogP contribution in [0, 0.1) is 5.92 Å². The number of ether oxygens (including phenoxy) is 1. The van der Waals surface area contributed by atoms with Gasteiger partial charge in [0.25, 0.3) is 0 Å². The minimum atomic E-state index is -0.394. The van der Waals surface area contributed by atoms with Crippen LogP contribution in [0.4, 0.5) is 0 Å². The highest BCUT2D eigenvalue weighted by Gasteiger charge is 2.21. The van der Waals surface area contributed by atoms with Gasteiger partial charge in [0.15, 0.2) is 0 Å². The molecule has 2 rings (SSSR count). The quantitative estimate of drug-likeness (QED) is 0.667. The van der Waals surface area contributed by atoms with Gasteiger partial charge in [-0.25, -0.2) is 4.79 Å². The number of halogens is 2. The molecule has 0 aliphatic carbocycles. The summed E-state index contributed by atoms with van der Waals surface area (Å²) in [5.41, 5.74) is 1.50. The van der Waals surface area contributed by atoms with Crippen LogP contribution in [0.3, 0.4) is 0 Å². The van der Waals surface area contributed by atoms with Crippen LogP contribution in [0.25, 0.3) is 0 Å². The van der Waals surface area contributed by atoms with Crippen LogP contribution in [0.5, 0.6) is 5.75 Å². The Hall–Kier alpha value is -1.45. The molecule has 0 amide bonds. The van der Waals surface area contributed by atoms with Crippen LogP contribution in [0.2, 0.25) is 10.0 Å². The highest BCUT2D eigenvalue weighted by molar-refractivity contribution is 6.35. The number of rotatable bonds is 3. The van der Waals surface area contributed by atoms with Crippen molar-refractivity contribution < 1.29 is 9.53 Å². The highest BCUT2D eigenvalue weighted by Crippen LogP contribution is 2.29. The summed E-state index contributed by atoms with van der Waals surface area (Å²) in [4.78, 5) is 12.3. The molecular weight excluding hydrogens is 297 g/mol. The Morgan fingerprint density at radius 2 is 2.10 bits per heavy atom. The fourth-order valence-corrected chi connectivity index (χ4v) is 2.40. The fourth-order valence-electron chi connectivity index (χ4n) is 1.95. The van der Waals surface area contributed by atoms with Crippen molar-refractivity contribution in [1.82, 2.24) is 5.32 Å². The molecule has 0 saturated carbocycles. The van der Waals surface area contributed by atoms with Crippen LogP contribution in [-0.4, -0.2) is 5.97 Å². The van der Waals surface area contributed by atoms with E-state index in [1.807, 2.05) is 26.1 Å². The Labute approximate surface area is 128 Å². The lowest BCUT2D eigenvalue weighted by Crippen LogP contribution is -2.23. The lowest BCUT2D eigenvalue weighted by Gasteiger charge is -2.20. The number of allylic oxidation sites excluding steroid dienone is 2. The molecule has 1 aromatic rings. The van der Waals surface area contributed by atoms with Crippen LogP contribution in [-0.2, 0) is 4.79 Å². The molecule has 3 nitrogen and oxygen atoms in total. The summed E-state index contributed by atoms with van der Waals surface area (Å²) < 4.78 is 5.36. The third-order valence-electron chi connectivity index (χ3n) is 2.92. The molecule has 20 heavy (non-hydrogen) atoms. The van der Waals surface area contributed by atoms with Crippen molar-refractivity contribution >= 4 is 29.2 Å². The van der Waals surface area contributed by atoms with Crippen molar-refractivity contribution in [2.75, 3.05) is 0 Å². The van der Waals surface area contributed by atoms with Gasteiger partial charge in [0.1, 0.15) is 5.75 Å². The Morgan fingerprint density at radius 1 is 1.35 bits per heavy atom. The zero-order valence-electron chi connectivity index (χ0n) is 11.2. The van der Waals surface area contributed by atoms with E-state index in [-0.39, 0.29) is 5.92 Å². The molecule has 0 atom stereocenters. The summed E-state index contributed by atoms with van der Waals surface area (Å²) in [6.07, 6.45) is 4.26. The molecule has 5 heteroatoms. The molecule has 0 spiro atoms. The van der Waals surface area contributed by atoms with E-state index in [1.165, 1.54) is 0 Å². The molecule has 1 N–H and O–H groups in total. The van der Waals surface area contributed by atoms with E-state index in [0.29, 0.717) is 27.8 Å². The van der Waals surface area contributed by atoms with Crippen molar-refractivity contribution in [3.8, 4) is 5.75 Å². The SMILES string of the molecule is CC(C)C1=C(C(=O)Oc2ccc(Cl)cc2Cl)CC=CN1. The summed E-state index contributed by atoms with van der Waals surface area (Å²) in [5.74, 6) is 0.129. The predicted octanol–water partition coefficient (Wildman–Crippen LogP) is 4.32. The van der Waals surface area contributed by atoms with Gasteiger partial charge in [0.05, 0.1) is 10.6 Å². The average Bonchev–Trinajstić information content (AvgIpc) is 2.41. The first-order valence-electron chi connectivity index (χ1n) is 6.31. The third kappa shape index (κ3) is 3.35. The van der Waals surface area contributed by atoms with Gasteiger partial charge >= 0.3 is 5.97 Å². The summed E-state index contributed by atoms with van der Waals surface area (Å²) in [7, 11) is 0. The maximum absolute atomic E-state index is 12.3. The van der Waals surface area contributed by atoms with E-state index < -0.39 is 5.97 Å². The largest absolute Gasteiger partial charge is 0.422 e. The van der Waals surface area contributed by atoms with E-state index in [1.54, 1.807) is 18.2 Å². The number of carbonyl (C=O) groups excluding carboxylic acids is 1. The van der Waals surface area contributed by atoms with Gasteiger partial charge < -0.3 is 10.1 Å². The Kier molecular flexibility index (Phi) is 4.73. The van der Waals surface area contributed by atoms with Crippen molar-refractivity contribution in [3.63, 3.8) is 0 Å². The van der Waals surface area contributed by atoms with Gasteiger partial charge in [-0.2, -0.15) is 0 Å². The van der Waals surface area contributed by atoms with Crippen molar-refractivity contribution in [2.45, 2.75) is 20.3 Å². The second-order valence-electron chi connectivity index (χ2n) is 4.76. The number of hydrogen-bond donors (Lipinski definition) is 1. The van der Waals surface area contributed by atoms with Gasteiger partial charge in [-0.15, -0.1) is 0 Å². The molecule has 0 saturated heterocycles. The van der Waals surface area contributed by atoms with E-state index in [0.717, 1.165) is 5.70 Å². The minimum Gasteiger partial charge on any atom is -0.422 e. The Balaban J connectivity index is 2.23. The molecule has 0 radical (unpaired) electrons. The zero-order chi connectivity index (χ0) is 14.7. The number of benzene rings is 1. The van der Waals surface area contributed by atoms with Crippen molar-refractivity contribution in [2.24, 2.45) is 5.92 Å². The molecule has 0 aromatic heterocycles. The van der Waals surface area contributed by atoms with Gasteiger partial charge in [0, 0.05) is 17.1 Å². The summed E-state index contributed by atoms with van der Waals surface area (Å²) in [6, 6.07) is 4.76. The summed E-state index contributed by atoms with van der Waals surface area (Å²) in [5, 5.41) is 3.92. The topological polar surface area (TPSA) is 38.3 Å². The third-order valence-corrected chi connectivity index (χ3v) is 3.45. The molecule has 0 bridgehead atoms. The molecular formula is C15H15Cl2NO2. The minimum absolute atomic E-state index is 0.211. The number of hydrogen-bond acceptors (Lipinski definition) is 3. The van der Waals surface area contributed by atoms with Crippen molar-refractivity contribution in [1.29, 1.82) is 0 Å². The second kappa shape index (κ2) is 6.33. The standard InChI is InChI=1S/C15H15Cl2NO2/c1-9(2)14-11(4-3-7-18-14)15(19)20-13-6-5-10(16)8-12(13)17/h3,5-9,18H,4H2,1-2H3. The smallest absolute Gasteiger partial charge is 0.341 e. The summed E-state index contributed by atoms with van der Waals surface area (Å²) in [6.45, 7) is 4.04. The normalized spacial score (nSPS) is 14.4. The predicted molar refractivity (Wildman–Crippen MR) is 80.9 cm³/mol. The molecule has 106 valence electrons. The molecule has 1 heterocycles. The van der Waals surface area contributed by atoms with Crippen LogP contribution < -0.4 is 10.1 Å². The number of nitrogens with one attached hydrogen (secondary N) is 1. The first kappa shape index (κ1) is 14.9. The number of carbonyl (C=O) groups is 1. The average molecular weight is 312 g/mol. The molecule has 1 aliphatic heterocycles. The number of esters is 1. The maximum Gasteiger partial charge on any atom is 0.341 e. The Morgan fingerprint density at radius 3 is 2.75 bits per heavy atom. The monoisotopic (exact) mass is 311 g/mol. The molecule has 1 aromatic carbocycles. The van der Waals surface area contributed by atoms with Crippen LogP contribution >= 0.6 is 23.2 Å². The molecule has 0 fully saturated rings. The van der Waals surface area contributed by atoms with E-state index in [2.05, 4.69) is 5.32 Å². The highest BCUT2D eigenvalue weighted by atomic mass is 35.5. The lowest BCUT2D eigenvalue weighted by atomic mass is 10.00. The molecule has 1 aliphatic rings. The lowest BCUT2D eigenvalue weighted by molar-refractivity contribution is -0.130.